The number of likely N-dealkylation sites (tertiary alicyclic amines) is 1. The number of pyridine rings is 1. The predicted molar refractivity (Wildman–Crippen MR) is 86.9 cm³/mol. The van der Waals surface area contributed by atoms with E-state index in [1.54, 1.807) is 6.20 Å². The molecule has 2 aliphatic rings. The van der Waals surface area contributed by atoms with Gasteiger partial charge in [-0.25, -0.2) is 4.98 Å². The van der Waals surface area contributed by atoms with Crippen LogP contribution in [-0.2, 0) is 4.79 Å². The van der Waals surface area contributed by atoms with E-state index < -0.39 is 0 Å². The van der Waals surface area contributed by atoms with Gasteiger partial charge in [0.25, 0.3) is 0 Å². The molecule has 2 fully saturated rings. The molecular formula is C18H22N4O. The van der Waals surface area contributed by atoms with Crippen molar-refractivity contribution in [3.63, 3.8) is 0 Å². The van der Waals surface area contributed by atoms with E-state index in [2.05, 4.69) is 25.5 Å². The van der Waals surface area contributed by atoms with Gasteiger partial charge in [0.15, 0.2) is 0 Å². The fourth-order valence-electron chi connectivity index (χ4n) is 3.82. The Hall–Kier alpha value is -2.17. The first-order valence-electron chi connectivity index (χ1n) is 8.42. The summed E-state index contributed by atoms with van der Waals surface area (Å²) in [6.45, 7) is 3.73. The van der Waals surface area contributed by atoms with E-state index in [0.717, 1.165) is 38.2 Å². The topological polar surface area (TPSA) is 51.0 Å². The molecule has 2 aromatic heterocycles. The number of carbonyl (C=O) groups excluding carboxylic acids is 1. The summed E-state index contributed by atoms with van der Waals surface area (Å²) < 4.78 is 2.21. The summed E-state index contributed by atoms with van der Waals surface area (Å²) in [5.74, 6) is 1.87. The highest BCUT2D eigenvalue weighted by molar-refractivity contribution is 5.83. The summed E-state index contributed by atoms with van der Waals surface area (Å²) in [6, 6.07) is 4.40. The standard InChI is InChI=1S/C18H22N4O/c1-13-20-7-9-22(13)15-5-3-8-21(12-15)18(23)17-10-16(17)14-4-2-6-19-11-14/h2,4,6-7,9,11,15-17H,3,5,8,10,12H2,1H3/t15-,16+,17+/m1/s1. The SMILES string of the molecule is Cc1nccn1[C@@H]1CCCN(C(=O)[C@H]2C[C@H]2c2cccnc2)C1. The zero-order chi connectivity index (χ0) is 15.8. The van der Waals surface area contributed by atoms with Crippen molar-refractivity contribution < 1.29 is 4.79 Å². The van der Waals surface area contributed by atoms with Crippen molar-refractivity contribution in [1.82, 2.24) is 19.4 Å². The summed E-state index contributed by atoms with van der Waals surface area (Å²) in [4.78, 5) is 23.4. The van der Waals surface area contributed by atoms with Crippen molar-refractivity contribution in [2.45, 2.75) is 38.1 Å². The smallest absolute Gasteiger partial charge is 0.226 e. The third-order valence-electron chi connectivity index (χ3n) is 5.18. The van der Waals surface area contributed by atoms with Gasteiger partial charge in [0.2, 0.25) is 5.91 Å². The second-order valence-electron chi connectivity index (χ2n) is 6.70. The molecule has 0 unspecified atom stereocenters. The van der Waals surface area contributed by atoms with Crippen LogP contribution in [-0.4, -0.2) is 38.4 Å². The molecule has 120 valence electrons. The Bertz CT molecular complexity index is 696. The van der Waals surface area contributed by atoms with Crippen molar-refractivity contribution >= 4 is 5.91 Å². The van der Waals surface area contributed by atoms with Crippen LogP contribution in [0.4, 0.5) is 0 Å². The maximum atomic E-state index is 12.8. The van der Waals surface area contributed by atoms with Gasteiger partial charge in [0.05, 0.1) is 6.04 Å². The lowest BCUT2D eigenvalue weighted by Gasteiger charge is -2.34. The molecule has 1 amide bonds. The van der Waals surface area contributed by atoms with Gasteiger partial charge in [0, 0.05) is 43.8 Å². The first-order chi connectivity index (χ1) is 11.2. The second kappa shape index (κ2) is 5.80. The normalized spacial score (nSPS) is 27.0. The van der Waals surface area contributed by atoms with Crippen LogP contribution in [0.2, 0.25) is 0 Å². The largest absolute Gasteiger partial charge is 0.340 e. The first-order valence-corrected chi connectivity index (χ1v) is 8.42. The Morgan fingerprint density at radius 3 is 3.00 bits per heavy atom. The average Bonchev–Trinajstić information content (AvgIpc) is 3.29. The van der Waals surface area contributed by atoms with Crippen molar-refractivity contribution in [2.24, 2.45) is 5.92 Å². The minimum Gasteiger partial charge on any atom is -0.340 e. The maximum absolute atomic E-state index is 12.8. The molecule has 0 spiro atoms. The number of aromatic nitrogens is 3. The third-order valence-corrected chi connectivity index (χ3v) is 5.18. The van der Waals surface area contributed by atoms with Gasteiger partial charge in [-0.2, -0.15) is 0 Å². The zero-order valence-corrected chi connectivity index (χ0v) is 13.4. The van der Waals surface area contributed by atoms with Crippen LogP contribution in [0, 0.1) is 12.8 Å². The van der Waals surface area contributed by atoms with Gasteiger partial charge in [0.1, 0.15) is 5.82 Å². The van der Waals surface area contributed by atoms with Crippen LogP contribution in [0.15, 0.2) is 36.9 Å². The van der Waals surface area contributed by atoms with E-state index in [9.17, 15) is 4.79 Å². The number of amides is 1. The van der Waals surface area contributed by atoms with E-state index in [4.69, 9.17) is 0 Å². The number of hydrogen-bond donors (Lipinski definition) is 0. The van der Waals surface area contributed by atoms with Crippen LogP contribution in [0.3, 0.4) is 0 Å². The first kappa shape index (κ1) is 14.4. The van der Waals surface area contributed by atoms with Gasteiger partial charge < -0.3 is 9.47 Å². The second-order valence-corrected chi connectivity index (χ2v) is 6.70. The summed E-state index contributed by atoms with van der Waals surface area (Å²) in [6.07, 6.45) is 10.7. The number of hydrogen-bond acceptors (Lipinski definition) is 3. The van der Waals surface area contributed by atoms with Crippen molar-refractivity contribution in [2.75, 3.05) is 13.1 Å². The summed E-state index contributed by atoms with van der Waals surface area (Å²) in [5.41, 5.74) is 1.20. The molecule has 1 aliphatic heterocycles. The highest BCUT2D eigenvalue weighted by atomic mass is 16.2. The molecule has 3 heterocycles. The van der Waals surface area contributed by atoms with Gasteiger partial charge in [-0.3, -0.25) is 9.78 Å². The van der Waals surface area contributed by atoms with E-state index in [-0.39, 0.29) is 5.92 Å². The molecule has 0 radical (unpaired) electrons. The van der Waals surface area contributed by atoms with Crippen LogP contribution in [0.5, 0.6) is 0 Å². The van der Waals surface area contributed by atoms with Crippen LogP contribution in [0.1, 0.15) is 42.6 Å². The van der Waals surface area contributed by atoms with E-state index >= 15 is 0 Å². The Kier molecular flexibility index (Phi) is 3.63. The molecular weight excluding hydrogens is 288 g/mol. The van der Waals surface area contributed by atoms with E-state index in [1.807, 2.05) is 31.6 Å². The molecule has 23 heavy (non-hydrogen) atoms. The Morgan fingerprint density at radius 2 is 2.26 bits per heavy atom. The minimum atomic E-state index is 0.154. The number of imidazole rings is 1. The zero-order valence-electron chi connectivity index (χ0n) is 13.4. The van der Waals surface area contributed by atoms with Crippen molar-refractivity contribution in [1.29, 1.82) is 0 Å². The molecule has 5 nitrogen and oxygen atoms in total. The lowest BCUT2D eigenvalue weighted by atomic mass is 10.0. The van der Waals surface area contributed by atoms with Gasteiger partial charge in [-0.05, 0) is 43.7 Å². The summed E-state index contributed by atoms with van der Waals surface area (Å²) in [5, 5.41) is 0. The van der Waals surface area contributed by atoms with E-state index in [1.165, 1.54) is 5.56 Å². The molecule has 4 rings (SSSR count). The molecule has 3 atom stereocenters. The Balaban J connectivity index is 1.42. The van der Waals surface area contributed by atoms with Crippen LogP contribution < -0.4 is 0 Å². The summed E-state index contributed by atoms with van der Waals surface area (Å²) >= 11 is 0. The quantitative estimate of drug-likeness (QED) is 0.875. The number of aryl methyl sites for hydroxylation is 1. The van der Waals surface area contributed by atoms with Crippen LogP contribution >= 0.6 is 0 Å². The predicted octanol–water partition coefficient (Wildman–Crippen LogP) is 2.55. The van der Waals surface area contributed by atoms with Gasteiger partial charge in [-0.15, -0.1) is 0 Å². The van der Waals surface area contributed by atoms with Crippen molar-refractivity contribution in [3.8, 4) is 0 Å². The number of rotatable bonds is 3. The monoisotopic (exact) mass is 310 g/mol. The molecule has 0 bridgehead atoms. The molecule has 5 heteroatoms. The highest BCUT2D eigenvalue weighted by Gasteiger charge is 2.46. The van der Waals surface area contributed by atoms with Gasteiger partial charge in [-0.1, -0.05) is 6.07 Å². The number of carbonyl (C=O) groups is 1. The van der Waals surface area contributed by atoms with E-state index in [0.29, 0.717) is 17.9 Å². The van der Waals surface area contributed by atoms with Crippen molar-refractivity contribution in [3.05, 3.63) is 48.3 Å². The maximum Gasteiger partial charge on any atom is 0.226 e. The Labute approximate surface area is 136 Å². The molecule has 0 aromatic carbocycles. The molecule has 2 aromatic rings. The van der Waals surface area contributed by atoms with Crippen LogP contribution in [0.25, 0.3) is 0 Å². The minimum absolute atomic E-state index is 0.154. The summed E-state index contributed by atoms with van der Waals surface area (Å²) in [7, 11) is 0. The fourth-order valence-corrected chi connectivity index (χ4v) is 3.82. The number of piperidine rings is 1. The third kappa shape index (κ3) is 2.76. The van der Waals surface area contributed by atoms with Gasteiger partial charge >= 0.3 is 0 Å². The number of nitrogens with zero attached hydrogens (tertiary/aromatic N) is 4. The lowest BCUT2D eigenvalue weighted by molar-refractivity contribution is -0.134. The fraction of sp³-hybridized carbons (Fsp3) is 0.500. The lowest BCUT2D eigenvalue weighted by Crippen LogP contribution is -2.41. The molecule has 1 saturated heterocycles. The molecule has 1 saturated carbocycles. The highest BCUT2D eigenvalue weighted by Crippen LogP contribution is 2.48. The average molecular weight is 310 g/mol. The molecule has 0 N–H and O–H groups in total. The Morgan fingerprint density at radius 1 is 1.35 bits per heavy atom. The molecule has 1 aliphatic carbocycles.